The van der Waals surface area contributed by atoms with Gasteiger partial charge < -0.3 is 20.3 Å². The van der Waals surface area contributed by atoms with Gasteiger partial charge in [-0.1, -0.05) is 42.5 Å². The van der Waals surface area contributed by atoms with Gasteiger partial charge in [0.2, 0.25) is 0 Å². The maximum Gasteiger partial charge on any atom is 0.115 e. The molecule has 4 nitrogen and oxygen atoms in total. The maximum atomic E-state index is 9.41. The number of ether oxygens (including phenoxy) is 1. The number of aryl methyl sites for hydroxylation is 1. The lowest BCUT2D eigenvalue weighted by atomic mass is 10.1. The van der Waals surface area contributed by atoms with E-state index in [1.54, 1.807) is 19.1 Å². The van der Waals surface area contributed by atoms with Crippen LogP contribution in [-0.2, 0) is 17.6 Å². The van der Waals surface area contributed by atoms with Gasteiger partial charge in [0.1, 0.15) is 5.75 Å². The lowest BCUT2D eigenvalue weighted by Crippen LogP contribution is -2.37. The van der Waals surface area contributed by atoms with E-state index >= 15 is 0 Å². The minimum Gasteiger partial charge on any atom is -0.508 e. The summed E-state index contributed by atoms with van der Waals surface area (Å²) in [6.07, 6.45) is 2.49. The maximum absolute atomic E-state index is 9.41. The van der Waals surface area contributed by atoms with E-state index in [0.717, 1.165) is 31.4 Å². The van der Waals surface area contributed by atoms with Gasteiger partial charge in [0.15, 0.2) is 0 Å². The number of nitrogens with one attached hydrogen (secondary N) is 1. The summed E-state index contributed by atoms with van der Waals surface area (Å²) in [7, 11) is 0. The molecule has 4 heteroatoms. The zero-order valence-electron chi connectivity index (χ0n) is 14.9. The van der Waals surface area contributed by atoms with Gasteiger partial charge in [-0.3, -0.25) is 0 Å². The van der Waals surface area contributed by atoms with Crippen molar-refractivity contribution in [1.29, 1.82) is 0 Å². The van der Waals surface area contributed by atoms with Crippen molar-refractivity contribution in [2.24, 2.45) is 0 Å². The fraction of sp³-hybridized carbons (Fsp3) is 0.429. The average molecular weight is 343 g/mol. The molecule has 25 heavy (non-hydrogen) atoms. The van der Waals surface area contributed by atoms with Crippen LogP contribution in [0.3, 0.4) is 0 Å². The average Bonchev–Trinajstić information content (AvgIpc) is 2.61. The molecule has 2 unspecified atom stereocenters. The number of aromatic hydroxyl groups is 1. The van der Waals surface area contributed by atoms with Crippen molar-refractivity contribution in [2.45, 2.75) is 38.3 Å². The molecule has 0 bridgehead atoms. The van der Waals surface area contributed by atoms with Gasteiger partial charge in [-0.25, -0.2) is 0 Å². The molecule has 0 heterocycles. The summed E-state index contributed by atoms with van der Waals surface area (Å²) in [5.41, 5.74) is 2.50. The predicted octanol–water partition coefficient (Wildman–Crippen LogP) is 2.92. The highest BCUT2D eigenvalue weighted by Gasteiger charge is 2.10. The Bertz CT molecular complexity index is 584. The summed E-state index contributed by atoms with van der Waals surface area (Å²) in [6, 6.07) is 17.9. The third-order valence-corrected chi connectivity index (χ3v) is 4.01. The first-order valence-corrected chi connectivity index (χ1v) is 8.94. The molecular formula is C21H29NO3. The third kappa shape index (κ3) is 8.16. The Morgan fingerprint density at radius 3 is 2.36 bits per heavy atom. The van der Waals surface area contributed by atoms with Crippen LogP contribution >= 0.6 is 0 Å². The van der Waals surface area contributed by atoms with E-state index in [0.29, 0.717) is 13.2 Å². The lowest BCUT2D eigenvalue weighted by molar-refractivity contribution is 0.0359. The van der Waals surface area contributed by atoms with Gasteiger partial charge in [-0.15, -0.1) is 0 Å². The Balaban J connectivity index is 1.79. The smallest absolute Gasteiger partial charge is 0.115 e. The van der Waals surface area contributed by atoms with Crippen molar-refractivity contribution >= 4 is 0 Å². The number of hydrogen-bond donors (Lipinski definition) is 3. The Morgan fingerprint density at radius 2 is 1.68 bits per heavy atom. The summed E-state index contributed by atoms with van der Waals surface area (Å²) in [5, 5.41) is 22.3. The fourth-order valence-corrected chi connectivity index (χ4v) is 2.73. The van der Waals surface area contributed by atoms with E-state index in [-0.39, 0.29) is 11.8 Å². The van der Waals surface area contributed by atoms with Crippen LogP contribution in [0.4, 0.5) is 0 Å². The fourth-order valence-electron chi connectivity index (χ4n) is 2.73. The SMILES string of the molecule is CC(O)COCC(Cc1ccc(O)cc1)NCCCc1ccccc1. The molecule has 0 saturated heterocycles. The van der Waals surface area contributed by atoms with E-state index in [1.165, 1.54) is 5.56 Å². The first-order chi connectivity index (χ1) is 12.1. The summed E-state index contributed by atoms with van der Waals surface area (Å²) >= 11 is 0. The normalized spacial score (nSPS) is 13.5. The number of aliphatic hydroxyl groups is 1. The first kappa shape index (κ1) is 19.4. The standard InChI is InChI=1S/C21H29NO3/c1-17(23)15-25-16-20(14-19-9-11-21(24)12-10-19)22-13-5-8-18-6-3-2-4-7-18/h2-4,6-7,9-12,17,20,22-24H,5,8,13-16H2,1H3. The molecule has 3 N–H and O–H groups in total. The third-order valence-electron chi connectivity index (χ3n) is 4.01. The Morgan fingerprint density at radius 1 is 0.960 bits per heavy atom. The molecule has 2 aromatic rings. The van der Waals surface area contributed by atoms with Crippen LogP contribution in [0.25, 0.3) is 0 Å². The summed E-state index contributed by atoms with van der Waals surface area (Å²) in [6.45, 7) is 3.53. The number of phenols is 1. The Kier molecular flexibility index (Phi) is 8.46. The number of hydrogen-bond acceptors (Lipinski definition) is 4. The number of rotatable bonds is 11. The Hall–Kier alpha value is -1.88. The minimum atomic E-state index is -0.451. The summed E-state index contributed by atoms with van der Waals surface area (Å²) in [4.78, 5) is 0. The monoisotopic (exact) mass is 343 g/mol. The van der Waals surface area contributed by atoms with Crippen molar-refractivity contribution in [3.05, 3.63) is 65.7 Å². The van der Waals surface area contributed by atoms with E-state index in [1.807, 2.05) is 18.2 Å². The molecule has 0 aliphatic rings. The molecule has 2 aromatic carbocycles. The molecule has 0 aliphatic carbocycles. The van der Waals surface area contributed by atoms with E-state index < -0.39 is 6.10 Å². The zero-order valence-corrected chi connectivity index (χ0v) is 14.9. The van der Waals surface area contributed by atoms with Crippen LogP contribution in [-0.4, -0.2) is 42.1 Å². The van der Waals surface area contributed by atoms with Gasteiger partial charge in [0.05, 0.1) is 19.3 Å². The van der Waals surface area contributed by atoms with Crippen LogP contribution in [0.2, 0.25) is 0 Å². The van der Waals surface area contributed by atoms with Crippen LogP contribution in [0.1, 0.15) is 24.5 Å². The molecule has 0 amide bonds. The van der Waals surface area contributed by atoms with Crippen LogP contribution in [0, 0.1) is 0 Å². The van der Waals surface area contributed by atoms with Gasteiger partial charge in [-0.2, -0.15) is 0 Å². The van der Waals surface area contributed by atoms with Gasteiger partial charge in [0, 0.05) is 6.04 Å². The predicted molar refractivity (Wildman–Crippen MR) is 101 cm³/mol. The molecule has 2 atom stereocenters. The molecular weight excluding hydrogens is 314 g/mol. The molecule has 0 radical (unpaired) electrons. The second-order valence-electron chi connectivity index (χ2n) is 6.50. The molecule has 0 fully saturated rings. The highest BCUT2D eigenvalue weighted by Crippen LogP contribution is 2.12. The van der Waals surface area contributed by atoms with E-state index in [9.17, 15) is 10.2 Å². The Labute approximate surface area is 150 Å². The first-order valence-electron chi connectivity index (χ1n) is 8.94. The minimum absolute atomic E-state index is 0.180. The largest absolute Gasteiger partial charge is 0.508 e. The molecule has 0 saturated carbocycles. The topological polar surface area (TPSA) is 61.7 Å². The number of aliphatic hydroxyl groups excluding tert-OH is 1. The number of benzene rings is 2. The zero-order chi connectivity index (χ0) is 17.9. The van der Waals surface area contributed by atoms with Crippen molar-refractivity contribution in [3.63, 3.8) is 0 Å². The lowest BCUT2D eigenvalue weighted by Gasteiger charge is -2.20. The second kappa shape index (κ2) is 10.9. The summed E-state index contributed by atoms with van der Waals surface area (Å²) in [5.74, 6) is 0.279. The van der Waals surface area contributed by atoms with Crippen molar-refractivity contribution in [2.75, 3.05) is 19.8 Å². The van der Waals surface area contributed by atoms with E-state index in [2.05, 4.69) is 29.6 Å². The highest BCUT2D eigenvalue weighted by molar-refractivity contribution is 5.26. The van der Waals surface area contributed by atoms with Crippen LogP contribution < -0.4 is 5.32 Å². The highest BCUT2D eigenvalue weighted by atomic mass is 16.5. The molecule has 0 aromatic heterocycles. The van der Waals surface area contributed by atoms with Crippen molar-refractivity contribution in [1.82, 2.24) is 5.32 Å². The van der Waals surface area contributed by atoms with Gasteiger partial charge >= 0.3 is 0 Å². The quantitative estimate of drug-likeness (QED) is 0.549. The number of phenolic OH excluding ortho intramolecular Hbond substituents is 1. The van der Waals surface area contributed by atoms with Crippen molar-refractivity contribution < 1.29 is 14.9 Å². The molecule has 0 spiro atoms. The van der Waals surface area contributed by atoms with Crippen LogP contribution in [0.5, 0.6) is 5.75 Å². The molecule has 136 valence electrons. The van der Waals surface area contributed by atoms with E-state index in [4.69, 9.17) is 4.74 Å². The van der Waals surface area contributed by atoms with Gasteiger partial charge in [-0.05, 0) is 56.0 Å². The van der Waals surface area contributed by atoms with Gasteiger partial charge in [0.25, 0.3) is 0 Å². The molecule has 0 aliphatic heterocycles. The summed E-state index contributed by atoms with van der Waals surface area (Å²) < 4.78 is 5.61. The second-order valence-corrected chi connectivity index (χ2v) is 6.50. The van der Waals surface area contributed by atoms with Crippen LogP contribution in [0.15, 0.2) is 54.6 Å². The van der Waals surface area contributed by atoms with Crippen molar-refractivity contribution in [3.8, 4) is 5.75 Å². The molecule has 2 rings (SSSR count).